The maximum Gasteiger partial charge on any atom is 0.244 e. The van der Waals surface area contributed by atoms with E-state index in [0.29, 0.717) is 13.1 Å². The van der Waals surface area contributed by atoms with Crippen molar-refractivity contribution in [2.75, 3.05) is 38.5 Å². The van der Waals surface area contributed by atoms with Gasteiger partial charge in [-0.15, -0.1) is 0 Å². The van der Waals surface area contributed by atoms with E-state index < -0.39 is 0 Å². The first-order chi connectivity index (χ1) is 13.5. The number of aryl methyl sites for hydroxylation is 1. The molecule has 2 amide bonds. The molecule has 0 fully saturated rings. The smallest absolute Gasteiger partial charge is 0.244 e. The van der Waals surface area contributed by atoms with Crippen molar-refractivity contribution in [1.82, 2.24) is 9.80 Å². The van der Waals surface area contributed by atoms with Gasteiger partial charge in [0.1, 0.15) is 0 Å². The Kier molecular flexibility index (Phi) is 8.69. The zero-order chi connectivity index (χ0) is 20.4. The van der Waals surface area contributed by atoms with Gasteiger partial charge in [-0.1, -0.05) is 55.5 Å². The molecule has 0 aliphatic heterocycles. The molecule has 5 heteroatoms. The third-order valence-electron chi connectivity index (χ3n) is 4.63. The van der Waals surface area contributed by atoms with E-state index in [9.17, 15) is 9.59 Å². The van der Waals surface area contributed by atoms with Crippen LogP contribution in [0.5, 0.6) is 0 Å². The van der Waals surface area contributed by atoms with Crippen LogP contribution in [0.25, 0.3) is 0 Å². The molecular weight excluding hydrogens is 350 g/mol. The fraction of sp³-hybridized carbons (Fsp3) is 0.391. The quantitative estimate of drug-likeness (QED) is 0.687. The highest BCUT2D eigenvalue weighted by molar-refractivity contribution is 5.95. The molecule has 0 atom stereocenters. The fourth-order valence-corrected chi connectivity index (χ4v) is 3.01. The minimum Gasteiger partial charge on any atom is -0.332 e. The van der Waals surface area contributed by atoms with Gasteiger partial charge in [-0.05, 0) is 44.0 Å². The molecule has 28 heavy (non-hydrogen) atoms. The van der Waals surface area contributed by atoms with E-state index in [1.807, 2.05) is 68.3 Å². The van der Waals surface area contributed by atoms with Gasteiger partial charge < -0.3 is 10.2 Å². The Balaban J connectivity index is 1.86. The molecule has 2 aromatic rings. The average Bonchev–Trinajstić information content (AvgIpc) is 2.68. The highest BCUT2D eigenvalue weighted by Crippen LogP contribution is 2.13. The average molecular weight is 382 g/mol. The van der Waals surface area contributed by atoms with Crippen LogP contribution in [-0.2, 0) is 16.0 Å². The lowest BCUT2D eigenvalue weighted by Crippen LogP contribution is -2.43. The van der Waals surface area contributed by atoms with Gasteiger partial charge in [-0.3, -0.25) is 14.5 Å². The van der Waals surface area contributed by atoms with Gasteiger partial charge in [0.25, 0.3) is 0 Å². The standard InChI is InChI=1S/C23H31N3O2/c1-4-15-26(17-22(27)24-21-13-9-8-10-19(21)2)23(28)18-25(3)16-14-20-11-6-5-7-12-20/h5-13H,4,14-18H2,1-3H3,(H,24,27). The number of para-hydroxylation sites is 1. The van der Waals surface area contributed by atoms with Crippen LogP contribution < -0.4 is 5.32 Å². The van der Waals surface area contributed by atoms with Crippen LogP contribution in [0.4, 0.5) is 5.69 Å². The van der Waals surface area contributed by atoms with E-state index >= 15 is 0 Å². The number of amides is 2. The summed E-state index contributed by atoms with van der Waals surface area (Å²) in [4.78, 5) is 28.8. The first-order valence-corrected chi connectivity index (χ1v) is 9.85. The van der Waals surface area contributed by atoms with Crippen LogP contribution >= 0.6 is 0 Å². The largest absolute Gasteiger partial charge is 0.332 e. The first-order valence-electron chi connectivity index (χ1n) is 9.85. The highest BCUT2D eigenvalue weighted by atomic mass is 16.2. The molecule has 2 aromatic carbocycles. The van der Waals surface area contributed by atoms with E-state index in [4.69, 9.17) is 0 Å². The molecule has 0 spiro atoms. The second-order valence-electron chi connectivity index (χ2n) is 7.15. The molecule has 1 N–H and O–H groups in total. The van der Waals surface area contributed by atoms with Gasteiger partial charge >= 0.3 is 0 Å². The van der Waals surface area contributed by atoms with E-state index in [1.54, 1.807) is 4.90 Å². The summed E-state index contributed by atoms with van der Waals surface area (Å²) in [5, 5.41) is 2.91. The summed E-state index contributed by atoms with van der Waals surface area (Å²) in [5.41, 5.74) is 3.05. The molecule has 0 saturated heterocycles. The summed E-state index contributed by atoms with van der Waals surface area (Å²) < 4.78 is 0. The number of hydrogen-bond acceptors (Lipinski definition) is 3. The predicted octanol–water partition coefficient (Wildman–Crippen LogP) is 3.35. The number of rotatable bonds is 10. The highest BCUT2D eigenvalue weighted by Gasteiger charge is 2.18. The van der Waals surface area contributed by atoms with Crippen LogP contribution in [0.3, 0.4) is 0 Å². The second-order valence-corrected chi connectivity index (χ2v) is 7.15. The Morgan fingerprint density at radius 1 is 0.929 bits per heavy atom. The third kappa shape index (κ3) is 7.16. The van der Waals surface area contributed by atoms with Gasteiger partial charge in [0.2, 0.25) is 11.8 Å². The first kappa shape index (κ1) is 21.6. The molecule has 0 bridgehead atoms. The van der Waals surface area contributed by atoms with E-state index in [-0.39, 0.29) is 18.4 Å². The fourth-order valence-electron chi connectivity index (χ4n) is 3.01. The maximum atomic E-state index is 12.7. The Bertz CT molecular complexity index is 761. The van der Waals surface area contributed by atoms with Crippen LogP contribution in [0, 0.1) is 6.92 Å². The van der Waals surface area contributed by atoms with Crippen LogP contribution in [-0.4, -0.2) is 54.8 Å². The van der Waals surface area contributed by atoms with Gasteiger partial charge in [0.15, 0.2) is 0 Å². The van der Waals surface area contributed by atoms with Crippen LogP contribution in [0.15, 0.2) is 54.6 Å². The zero-order valence-electron chi connectivity index (χ0n) is 17.1. The SMILES string of the molecule is CCCN(CC(=O)Nc1ccccc1C)C(=O)CN(C)CCc1ccccc1. The summed E-state index contributed by atoms with van der Waals surface area (Å²) in [7, 11) is 1.94. The molecule has 0 radical (unpaired) electrons. The summed E-state index contributed by atoms with van der Waals surface area (Å²) in [5.74, 6) is -0.180. The monoisotopic (exact) mass is 381 g/mol. The summed E-state index contributed by atoms with van der Waals surface area (Å²) >= 11 is 0. The lowest BCUT2D eigenvalue weighted by Gasteiger charge is -2.25. The molecule has 0 saturated carbocycles. The van der Waals surface area contributed by atoms with E-state index in [2.05, 4.69) is 17.4 Å². The second kappa shape index (κ2) is 11.2. The van der Waals surface area contributed by atoms with Gasteiger partial charge in [0.05, 0.1) is 13.1 Å². The normalized spacial score (nSPS) is 10.7. The summed E-state index contributed by atoms with van der Waals surface area (Å²) in [6.45, 7) is 5.72. The number of hydrogen-bond donors (Lipinski definition) is 1. The predicted molar refractivity (Wildman–Crippen MR) is 114 cm³/mol. The molecule has 150 valence electrons. The van der Waals surface area contributed by atoms with Crippen molar-refractivity contribution in [2.45, 2.75) is 26.7 Å². The van der Waals surface area contributed by atoms with Gasteiger partial charge in [-0.25, -0.2) is 0 Å². The van der Waals surface area contributed by atoms with Crippen molar-refractivity contribution < 1.29 is 9.59 Å². The Morgan fingerprint density at radius 2 is 1.61 bits per heavy atom. The number of nitrogens with zero attached hydrogens (tertiary/aromatic N) is 2. The van der Waals surface area contributed by atoms with Crippen molar-refractivity contribution in [2.24, 2.45) is 0 Å². The molecule has 0 unspecified atom stereocenters. The van der Waals surface area contributed by atoms with Crippen molar-refractivity contribution in [3.63, 3.8) is 0 Å². The lowest BCUT2D eigenvalue weighted by atomic mass is 10.1. The molecule has 0 heterocycles. The number of nitrogens with one attached hydrogen (secondary N) is 1. The molecule has 5 nitrogen and oxygen atoms in total. The van der Waals surface area contributed by atoms with Crippen molar-refractivity contribution in [3.8, 4) is 0 Å². The minimum absolute atomic E-state index is 0.0163. The third-order valence-corrected chi connectivity index (χ3v) is 4.63. The van der Waals surface area contributed by atoms with E-state index in [0.717, 1.165) is 30.6 Å². The maximum absolute atomic E-state index is 12.7. The Hall–Kier alpha value is -2.66. The molecule has 0 aromatic heterocycles. The van der Waals surface area contributed by atoms with Crippen molar-refractivity contribution in [1.29, 1.82) is 0 Å². The van der Waals surface area contributed by atoms with Gasteiger partial charge in [-0.2, -0.15) is 0 Å². The number of carbonyl (C=O) groups is 2. The van der Waals surface area contributed by atoms with Crippen molar-refractivity contribution >= 4 is 17.5 Å². The lowest BCUT2D eigenvalue weighted by molar-refractivity contribution is -0.135. The van der Waals surface area contributed by atoms with Gasteiger partial charge in [0, 0.05) is 18.8 Å². The topological polar surface area (TPSA) is 52.7 Å². The number of anilines is 1. The minimum atomic E-state index is -0.164. The molecular formula is C23H31N3O2. The molecule has 0 aliphatic carbocycles. The molecule has 2 rings (SSSR count). The Morgan fingerprint density at radius 3 is 2.29 bits per heavy atom. The number of benzene rings is 2. The number of carbonyl (C=O) groups excluding carboxylic acids is 2. The van der Waals surface area contributed by atoms with Crippen LogP contribution in [0.1, 0.15) is 24.5 Å². The van der Waals surface area contributed by atoms with Crippen molar-refractivity contribution in [3.05, 3.63) is 65.7 Å². The Labute approximate surface area is 168 Å². The summed E-state index contributed by atoms with van der Waals surface area (Å²) in [6.07, 6.45) is 1.71. The number of likely N-dealkylation sites (N-methyl/N-ethyl adjacent to an activating group) is 1. The molecule has 0 aliphatic rings. The van der Waals surface area contributed by atoms with Crippen LogP contribution in [0.2, 0.25) is 0 Å². The zero-order valence-corrected chi connectivity index (χ0v) is 17.1. The van der Waals surface area contributed by atoms with E-state index in [1.165, 1.54) is 5.56 Å². The summed E-state index contributed by atoms with van der Waals surface area (Å²) in [6, 6.07) is 17.9.